The zero-order valence-corrected chi connectivity index (χ0v) is 15.1. The van der Waals surface area contributed by atoms with Crippen LogP contribution in [0.1, 0.15) is 31.3 Å². The number of hydrogen-bond acceptors (Lipinski definition) is 5. The number of carbonyl (C=O) groups is 2. The Morgan fingerprint density at radius 1 is 1.20 bits per heavy atom. The molecule has 3 N–H and O–H groups in total. The van der Waals surface area contributed by atoms with Gasteiger partial charge in [-0.3, -0.25) is 4.79 Å². The summed E-state index contributed by atoms with van der Waals surface area (Å²) in [7, 11) is -3.58. The van der Waals surface area contributed by atoms with E-state index in [4.69, 9.17) is 9.52 Å². The zero-order valence-electron chi connectivity index (χ0n) is 14.3. The van der Waals surface area contributed by atoms with Gasteiger partial charge in [-0.05, 0) is 29.7 Å². The smallest absolute Gasteiger partial charge is 0.371 e. The number of fused-ring (bicyclic) bond motifs is 1. The van der Waals surface area contributed by atoms with E-state index in [1.807, 2.05) is 0 Å². The molecule has 9 heteroatoms. The molecule has 1 unspecified atom stereocenters. The maximum absolute atomic E-state index is 12.5. The minimum absolute atomic E-state index is 0.204. The van der Waals surface area contributed by atoms with Crippen LogP contribution in [-0.4, -0.2) is 37.7 Å². The number of hydrogen-bond donors (Lipinski definition) is 3. The standard InChI is InChI=1S/C16H20N2O6S/c1-16(2,3)13(18-25(4,22)23)14(19)17-10-5-6-11-9(7-10)8-12(24-11)15(20)21/h5-8,13,18H,1-4H3,(H,17,19)(H,20,21). The van der Waals surface area contributed by atoms with E-state index in [1.54, 1.807) is 32.9 Å². The summed E-state index contributed by atoms with van der Waals surface area (Å²) >= 11 is 0. The normalized spacial score (nSPS) is 13.6. The average Bonchev–Trinajstić information content (AvgIpc) is 2.86. The van der Waals surface area contributed by atoms with Gasteiger partial charge in [-0.25, -0.2) is 17.9 Å². The summed E-state index contributed by atoms with van der Waals surface area (Å²) < 4.78 is 30.5. The predicted molar refractivity (Wildman–Crippen MR) is 93.0 cm³/mol. The molecular formula is C16H20N2O6S. The van der Waals surface area contributed by atoms with Gasteiger partial charge in [-0.2, -0.15) is 0 Å². The number of carboxylic acid groups (broad SMARTS) is 1. The fourth-order valence-corrected chi connectivity index (χ4v) is 3.17. The number of sulfonamides is 1. The summed E-state index contributed by atoms with van der Waals surface area (Å²) in [4.78, 5) is 23.5. The zero-order chi connectivity index (χ0) is 19.0. The van der Waals surface area contributed by atoms with Gasteiger partial charge in [0, 0.05) is 11.1 Å². The summed E-state index contributed by atoms with van der Waals surface area (Å²) in [5, 5.41) is 12.1. The quantitative estimate of drug-likeness (QED) is 0.741. The van der Waals surface area contributed by atoms with Gasteiger partial charge in [0.2, 0.25) is 21.7 Å². The van der Waals surface area contributed by atoms with E-state index in [2.05, 4.69) is 10.0 Å². The van der Waals surface area contributed by atoms with Crippen molar-refractivity contribution in [3.8, 4) is 0 Å². The van der Waals surface area contributed by atoms with Crippen molar-refractivity contribution in [3.05, 3.63) is 30.0 Å². The highest BCUT2D eigenvalue weighted by atomic mass is 32.2. The van der Waals surface area contributed by atoms with Crippen molar-refractivity contribution in [3.63, 3.8) is 0 Å². The van der Waals surface area contributed by atoms with Crippen molar-refractivity contribution in [2.45, 2.75) is 26.8 Å². The van der Waals surface area contributed by atoms with Gasteiger partial charge in [0.25, 0.3) is 0 Å². The van der Waals surface area contributed by atoms with Gasteiger partial charge in [0.05, 0.1) is 6.26 Å². The molecule has 0 radical (unpaired) electrons. The Kier molecular flexibility index (Phi) is 4.92. The third kappa shape index (κ3) is 4.80. The van der Waals surface area contributed by atoms with Crippen molar-refractivity contribution >= 4 is 38.6 Å². The number of rotatable bonds is 5. The third-order valence-corrected chi connectivity index (χ3v) is 4.12. The van der Waals surface area contributed by atoms with Crippen LogP contribution in [0.2, 0.25) is 0 Å². The maximum Gasteiger partial charge on any atom is 0.371 e. The Hall–Kier alpha value is -2.39. The van der Waals surface area contributed by atoms with E-state index in [0.717, 1.165) is 6.26 Å². The number of nitrogens with one attached hydrogen (secondary N) is 2. The molecule has 0 aliphatic carbocycles. The lowest BCUT2D eigenvalue weighted by Crippen LogP contribution is -2.51. The molecule has 0 bridgehead atoms. The first-order chi connectivity index (χ1) is 11.4. The van der Waals surface area contributed by atoms with Gasteiger partial charge >= 0.3 is 5.97 Å². The number of furan rings is 1. The van der Waals surface area contributed by atoms with Crippen LogP contribution in [0, 0.1) is 5.41 Å². The van der Waals surface area contributed by atoms with Crippen LogP contribution < -0.4 is 10.0 Å². The molecular weight excluding hydrogens is 348 g/mol. The number of aromatic carboxylic acids is 1. The first kappa shape index (κ1) is 18.9. The molecule has 0 fully saturated rings. The molecule has 1 aromatic carbocycles. The summed E-state index contributed by atoms with van der Waals surface area (Å²) in [6.45, 7) is 5.23. The molecule has 2 aromatic rings. The van der Waals surface area contributed by atoms with Crippen LogP contribution >= 0.6 is 0 Å². The van der Waals surface area contributed by atoms with E-state index in [9.17, 15) is 18.0 Å². The van der Waals surface area contributed by atoms with Gasteiger partial charge in [-0.1, -0.05) is 20.8 Å². The number of amides is 1. The van der Waals surface area contributed by atoms with Crippen molar-refractivity contribution in [2.24, 2.45) is 5.41 Å². The van der Waals surface area contributed by atoms with Gasteiger partial charge < -0.3 is 14.8 Å². The lowest BCUT2D eigenvalue weighted by atomic mass is 9.87. The number of carbonyl (C=O) groups excluding carboxylic acids is 1. The molecule has 0 aliphatic rings. The second-order valence-corrected chi connectivity index (χ2v) is 8.63. The van der Waals surface area contributed by atoms with E-state index < -0.39 is 33.4 Å². The lowest BCUT2D eigenvalue weighted by Gasteiger charge is -2.29. The molecule has 0 saturated carbocycles. The van der Waals surface area contributed by atoms with E-state index in [0.29, 0.717) is 16.7 Å². The van der Waals surface area contributed by atoms with Crippen molar-refractivity contribution < 1.29 is 27.5 Å². The van der Waals surface area contributed by atoms with E-state index in [-0.39, 0.29) is 5.76 Å². The molecule has 2 rings (SSSR count). The summed E-state index contributed by atoms with van der Waals surface area (Å²) in [6.07, 6.45) is 0.990. The summed E-state index contributed by atoms with van der Waals surface area (Å²) in [6, 6.07) is 5.02. The van der Waals surface area contributed by atoms with Crippen molar-refractivity contribution in [1.82, 2.24) is 4.72 Å². The summed E-state index contributed by atoms with van der Waals surface area (Å²) in [5.74, 6) is -1.91. The summed E-state index contributed by atoms with van der Waals surface area (Å²) in [5.41, 5.74) is 0.125. The van der Waals surface area contributed by atoms with Crippen LogP contribution in [0.4, 0.5) is 5.69 Å². The number of anilines is 1. The fourth-order valence-electron chi connectivity index (χ4n) is 2.28. The Balaban J connectivity index is 2.28. The highest BCUT2D eigenvalue weighted by Gasteiger charge is 2.33. The maximum atomic E-state index is 12.5. The first-order valence-electron chi connectivity index (χ1n) is 7.42. The minimum Gasteiger partial charge on any atom is -0.475 e. The number of carboxylic acids is 1. The Bertz CT molecular complexity index is 924. The molecule has 0 saturated heterocycles. The van der Waals surface area contributed by atoms with Crippen LogP contribution in [0.25, 0.3) is 11.0 Å². The molecule has 8 nitrogen and oxygen atoms in total. The molecule has 1 aromatic heterocycles. The first-order valence-corrected chi connectivity index (χ1v) is 9.31. The lowest BCUT2D eigenvalue weighted by molar-refractivity contribution is -0.119. The molecule has 1 amide bonds. The largest absolute Gasteiger partial charge is 0.475 e. The van der Waals surface area contributed by atoms with E-state index >= 15 is 0 Å². The highest BCUT2D eigenvalue weighted by Crippen LogP contribution is 2.25. The fraction of sp³-hybridized carbons (Fsp3) is 0.375. The SMILES string of the molecule is CC(C)(C)C(NS(C)(=O)=O)C(=O)Nc1ccc2oc(C(=O)O)cc2c1. The predicted octanol–water partition coefficient (Wildman–Crippen LogP) is 2.03. The van der Waals surface area contributed by atoms with Crippen LogP contribution in [0.5, 0.6) is 0 Å². The Labute approximate surface area is 145 Å². The average molecular weight is 368 g/mol. The third-order valence-electron chi connectivity index (χ3n) is 3.45. The number of benzene rings is 1. The molecule has 0 aliphatic heterocycles. The molecule has 25 heavy (non-hydrogen) atoms. The molecule has 1 atom stereocenters. The highest BCUT2D eigenvalue weighted by molar-refractivity contribution is 7.88. The van der Waals surface area contributed by atoms with Crippen molar-refractivity contribution in [1.29, 1.82) is 0 Å². The van der Waals surface area contributed by atoms with Crippen LogP contribution in [0.15, 0.2) is 28.7 Å². The van der Waals surface area contributed by atoms with Crippen LogP contribution in [0.3, 0.4) is 0 Å². The van der Waals surface area contributed by atoms with Gasteiger partial charge in [-0.15, -0.1) is 0 Å². The Morgan fingerprint density at radius 3 is 2.36 bits per heavy atom. The van der Waals surface area contributed by atoms with Crippen LogP contribution in [-0.2, 0) is 14.8 Å². The molecule has 136 valence electrons. The monoisotopic (exact) mass is 368 g/mol. The van der Waals surface area contributed by atoms with Gasteiger partial charge in [0.15, 0.2) is 0 Å². The second kappa shape index (κ2) is 6.49. The Morgan fingerprint density at radius 2 is 1.84 bits per heavy atom. The van der Waals surface area contributed by atoms with E-state index in [1.165, 1.54) is 12.1 Å². The second-order valence-electron chi connectivity index (χ2n) is 6.85. The topological polar surface area (TPSA) is 126 Å². The molecule has 1 heterocycles. The molecule has 0 spiro atoms. The van der Waals surface area contributed by atoms with Crippen molar-refractivity contribution in [2.75, 3.05) is 11.6 Å². The van der Waals surface area contributed by atoms with Gasteiger partial charge in [0.1, 0.15) is 11.6 Å². The minimum atomic E-state index is -3.58.